The van der Waals surface area contributed by atoms with Gasteiger partial charge in [0.15, 0.2) is 0 Å². The molecule has 0 spiro atoms. The quantitative estimate of drug-likeness (QED) is 0.473. The molecular weight excluding hydrogens is 556 g/mol. The highest BCUT2D eigenvalue weighted by atomic mass is 32.2. The highest BCUT2D eigenvalue weighted by molar-refractivity contribution is 7.92. The number of rotatable bonds is 8. The smallest absolute Gasteiger partial charge is 0.269 e. The maximum absolute atomic E-state index is 13.7. The molecule has 3 fully saturated rings. The largest absolute Gasteiger partial charge is 0.388 e. The number of sulfonamides is 1. The normalized spacial score (nSPS) is 26.0. The molecule has 14 heteroatoms. The van der Waals surface area contributed by atoms with Crippen LogP contribution in [0.4, 0.5) is 14.7 Å². The molecule has 3 aliphatic rings. The first-order valence-corrected chi connectivity index (χ1v) is 15.7. The SMILES string of the molecule is CN1CCN(C/C=C/S(=O)(=O)N2CCC(Nc3ncc4cc(C(F)F)c(=O)n([C@@H]5CCC[C@@]5(C)O)c4n3)CC2)CC1. The molecule has 2 aliphatic heterocycles. The summed E-state index contributed by atoms with van der Waals surface area (Å²) in [5.74, 6) is 0.224. The fourth-order valence-corrected chi connectivity index (χ4v) is 7.28. The Morgan fingerprint density at radius 3 is 2.51 bits per heavy atom. The second-order valence-electron chi connectivity index (χ2n) is 11.7. The van der Waals surface area contributed by atoms with Crippen LogP contribution in [0.2, 0.25) is 0 Å². The van der Waals surface area contributed by atoms with E-state index in [4.69, 9.17) is 0 Å². The van der Waals surface area contributed by atoms with Crippen molar-refractivity contribution in [3.05, 3.63) is 39.7 Å². The third-order valence-corrected chi connectivity index (χ3v) is 10.2. The zero-order chi connectivity index (χ0) is 29.4. The van der Waals surface area contributed by atoms with E-state index >= 15 is 0 Å². The van der Waals surface area contributed by atoms with Crippen LogP contribution in [0.3, 0.4) is 0 Å². The third-order valence-electron chi connectivity index (χ3n) is 8.60. The average molecular weight is 596 g/mol. The molecule has 11 nitrogen and oxygen atoms in total. The lowest BCUT2D eigenvalue weighted by atomic mass is 9.99. The van der Waals surface area contributed by atoms with Gasteiger partial charge in [-0.2, -0.15) is 9.29 Å². The van der Waals surface area contributed by atoms with Crippen molar-refractivity contribution in [1.82, 2.24) is 28.6 Å². The van der Waals surface area contributed by atoms with E-state index in [1.807, 2.05) is 0 Å². The first-order chi connectivity index (χ1) is 19.4. The highest BCUT2D eigenvalue weighted by Gasteiger charge is 2.40. The Kier molecular flexibility index (Phi) is 8.76. The number of piperidine rings is 1. The van der Waals surface area contributed by atoms with E-state index in [0.29, 0.717) is 51.7 Å². The van der Waals surface area contributed by atoms with E-state index in [0.717, 1.165) is 32.2 Å². The van der Waals surface area contributed by atoms with Crippen molar-refractivity contribution in [3.63, 3.8) is 0 Å². The Balaban J connectivity index is 1.27. The lowest BCUT2D eigenvalue weighted by Crippen LogP contribution is -2.44. The van der Waals surface area contributed by atoms with E-state index in [-0.39, 0.29) is 23.0 Å². The zero-order valence-electron chi connectivity index (χ0n) is 23.5. The number of hydrogen-bond acceptors (Lipinski definition) is 9. The second kappa shape index (κ2) is 12.0. The van der Waals surface area contributed by atoms with E-state index in [9.17, 15) is 27.1 Å². The predicted octanol–water partition coefficient (Wildman–Crippen LogP) is 2.17. The van der Waals surface area contributed by atoms with Gasteiger partial charge in [-0.3, -0.25) is 14.3 Å². The minimum atomic E-state index is -3.53. The number of fused-ring (bicyclic) bond motifs is 1. The lowest BCUT2D eigenvalue weighted by molar-refractivity contribution is 0.0261. The Morgan fingerprint density at radius 1 is 1.17 bits per heavy atom. The van der Waals surface area contributed by atoms with Crippen LogP contribution in [0.15, 0.2) is 28.5 Å². The van der Waals surface area contributed by atoms with Crippen molar-refractivity contribution in [2.45, 2.75) is 63.1 Å². The molecule has 5 rings (SSSR count). The zero-order valence-corrected chi connectivity index (χ0v) is 24.4. The van der Waals surface area contributed by atoms with Crippen molar-refractivity contribution in [2.75, 3.05) is 58.2 Å². The fourth-order valence-electron chi connectivity index (χ4n) is 6.06. The summed E-state index contributed by atoms with van der Waals surface area (Å²) in [6.07, 6.45) is 2.79. The number of pyridine rings is 1. The third kappa shape index (κ3) is 6.61. The molecule has 1 aliphatic carbocycles. The van der Waals surface area contributed by atoms with Crippen molar-refractivity contribution < 1.29 is 22.3 Å². The number of nitrogens with one attached hydrogen (secondary N) is 1. The van der Waals surface area contributed by atoms with Gasteiger partial charge in [0, 0.05) is 68.8 Å². The molecular formula is C27H39F2N7O4S. The molecule has 226 valence electrons. The Labute approximate surface area is 238 Å². The molecule has 41 heavy (non-hydrogen) atoms. The summed E-state index contributed by atoms with van der Waals surface area (Å²) < 4.78 is 55.8. The Hall–Kier alpha value is -2.52. The molecule has 1 saturated carbocycles. The maximum atomic E-state index is 13.7. The Bertz CT molecular complexity index is 1430. The number of piperazine rings is 1. The summed E-state index contributed by atoms with van der Waals surface area (Å²) in [6, 6.07) is 0.326. The molecule has 0 amide bonds. The topological polar surface area (TPSA) is 124 Å². The molecule has 0 bridgehead atoms. The predicted molar refractivity (Wildman–Crippen MR) is 152 cm³/mol. The van der Waals surface area contributed by atoms with Crippen molar-refractivity contribution in [1.29, 1.82) is 0 Å². The summed E-state index contributed by atoms with van der Waals surface area (Å²) in [6.45, 7) is 6.65. The van der Waals surface area contributed by atoms with Crippen LogP contribution in [-0.4, -0.2) is 107 Å². The minimum absolute atomic E-state index is 0.108. The van der Waals surface area contributed by atoms with Crippen molar-refractivity contribution in [2.24, 2.45) is 0 Å². The van der Waals surface area contributed by atoms with Gasteiger partial charge < -0.3 is 15.3 Å². The van der Waals surface area contributed by atoms with Gasteiger partial charge >= 0.3 is 0 Å². The number of likely N-dealkylation sites (N-methyl/N-ethyl adjacent to an activating group) is 1. The summed E-state index contributed by atoms with van der Waals surface area (Å²) >= 11 is 0. The van der Waals surface area contributed by atoms with Gasteiger partial charge in [-0.15, -0.1) is 0 Å². The number of halogens is 2. The lowest BCUT2D eigenvalue weighted by Gasteiger charge is -2.32. The van der Waals surface area contributed by atoms with E-state index in [1.54, 1.807) is 13.0 Å². The van der Waals surface area contributed by atoms with Crippen LogP contribution < -0.4 is 10.9 Å². The van der Waals surface area contributed by atoms with E-state index in [2.05, 4.69) is 32.1 Å². The fraction of sp³-hybridized carbons (Fsp3) is 0.667. The number of nitrogens with zero attached hydrogens (tertiary/aromatic N) is 6. The van der Waals surface area contributed by atoms with Crippen LogP contribution in [0.5, 0.6) is 0 Å². The van der Waals surface area contributed by atoms with Gasteiger partial charge in [-0.1, -0.05) is 6.08 Å². The molecule has 2 aromatic heterocycles. The van der Waals surface area contributed by atoms with Crippen LogP contribution in [0, 0.1) is 0 Å². The first kappa shape index (κ1) is 30.0. The summed E-state index contributed by atoms with van der Waals surface area (Å²) in [5, 5.41) is 15.7. The molecule has 0 unspecified atom stereocenters. The molecule has 4 heterocycles. The molecule has 0 aromatic carbocycles. The summed E-state index contributed by atoms with van der Waals surface area (Å²) in [5.41, 5.74) is -2.54. The molecule has 2 N–H and O–H groups in total. The molecule has 0 radical (unpaired) electrons. The molecule has 2 saturated heterocycles. The van der Waals surface area contributed by atoms with Crippen LogP contribution in [0.1, 0.15) is 57.1 Å². The maximum Gasteiger partial charge on any atom is 0.269 e. The number of alkyl halides is 2. The Morgan fingerprint density at radius 2 is 1.88 bits per heavy atom. The van der Waals surface area contributed by atoms with Crippen LogP contribution >= 0.6 is 0 Å². The van der Waals surface area contributed by atoms with Gasteiger partial charge in [-0.25, -0.2) is 22.2 Å². The standard InChI is InChI=1S/C27H39F2N7O4S/c1-27(38)8-3-5-22(27)36-24-19(17-21(23(28)29)25(36)37)18-30-26(32-24)31-20-6-10-35(11-7-20)41(39,40)16-4-9-34-14-12-33(2)13-15-34/h4,16-18,20,22-23,38H,3,5-15H2,1-2H3,(H,30,31,32)/b16-4+/t22-,27-/m1/s1. The monoisotopic (exact) mass is 595 g/mol. The van der Waals surface area contributed by atoms with E-state index < -0.39 is 39.2 Å². The number of aliphatic hydroxyl groups is 1. The van der Waals surface area contributed by atoms with Gasteiger partial charge in [-0.05, 0) is 52.1 Å². The minimum Gasteiger partial charge on any atom is -0.388 e. The molecule has 2 atom stereocenters. The van der Waals surface area contributed by atoms with E-state index in [1.165, 1.54) is 20.5 Å². The van der Waals surface area contributed by atoms with Gasteiger partial charge in [0.2, 0.25) is 16.0 Å². The van der Waals surface area contributed by atoms with Gasteiger partial charge in [0.25, 0.3) is 12.0 Å². The van der Waals surface area contributed by atoms with Crippen molar-refractivity contribution >= 4 is 27.0 Å². The number of anilines is 1. The van der Waals surface area contributed by atoms with Crippen LogP contribution in [0.25, 0.3) is 11.0 Å². The number of aromatic nitrogens is 3. The van der Waals surface area contributed by atoms with Crippen molar-refractivity contribution in [3.8, 4) is 0 Å². The first-order valence-electron chi connectivity index (χ1n) is 14.2. The number of hydrogen-bond donors (Lipinski definition) is 2. The molecule has 2 aromatic rings. The van der Waals surface area contributed by atoms with Gasteiger partial charge in [0.1, 0.15) is 5.65 Å². The average Bonchev–Trinajstić information content (AvgIpc) is 3.28. The second-order valence-corrected chi connectivity index (χ2v) is 13.5. The van der Waals surface area contributed by atoms with Crippen LogP contribution in [-0.2, 0) is 10.0 Å². The summed E-state index contributed by atoms with van der Waals surface area (Å²) in [4.78, 5) is 26.4. The highest BCUT2D eigenvalue weighted by Crippen LogP contribution is 2.40. The summed E-state index contributed by atoms with van der Waals surface area (Å²) in [7, 11) is -1.45. The van der Waals surface area contributed by atoms with Gasteiger partial charge in [0.05, 0.1) is 17.2 Å².